The summed E-state index contributed by atoms with van der Waals surface area (Å²) < 4.78 is 15.0. The van der Waals surface area contributed by atoms with Gasteiger partial charge < -0.3 is 8.58 Å². The minimum absolute atomic E-state index is 0.301. The predicted molar refractivity (Wildman–Crippen MR) is 37.3 cm³/mol. The van der Waals surface area contributed by atoms with Gasteiger partial charge in [0, 0.05) is 0 Å². The molecule has 0 heterocycles. The van der Waals surface area contributed by atoms with E-state index in [4.69, 9.17) is 0 Å². The fourth-order valence-corrected chi connectivity index (χ4v) is 1.36. The number of carbonyl (C=O) groups is 1. The van der Waals surface area contributed by atoms with Crippen LogP contribution in [0.5, 0.6) is 0 Å². The second-order valence-corrected chi connectivity index (χ2v) is 4.26. The van der Waals surface area contributed by atoms with E-state index >= 15 is 0 Å². The molecule has 0 bridgehead atoms. The third kappa shape index (κ3) is 2.47. The Hall–Kier alpha value is -0.556. The van der Waals surface area contributed by atoms with Crippen LogP contribution < -0.4 is 0 Å². The van der Waals surface area contributed by atoms with Crippen molar-refractivity contribution in [3.63, 3.8) is 0 Å². The summed E-state index contributed by atoms with van der Waals surface area (Å²) in [7, 11) is -2.10. The average molecular weight is 160 g/mol. The lowest BCUT2D eigenvalue weighted by Crippen LogP contribution is -2.19. The smallest absolute Gasteiger partial charge is 0.568 e. The Morgan fingerprint density at radius 1 is 1.78 bits per heavy atom. The molecule has 0 spiro atoms. The monoisotopic (exact) mass is 160 g/mol. The molecule has 0 aliphatic rings. The van der Waals surface area contributed by atoms with Crippen molar-refractivity contribution in [3.8, 4) is 0 Å². The van der Waals surface area contributed by atoms with E-state index in [1.165, 1.54) is 6.92 Å². The third-order valence-electron chi connectivity index (χ3n) is 0.758. The third-order valence-corrected chi connectivity index (χ3v) is 3.04. The standard InChI is InChI=1S/C4H8O3Si2/c1-3(2)4(5)9(6)7-8/h1H2,2,8H3. The SMILES string of the molecule is C=C(C)C(=O)[Si](=O)O[SiH3]. The van der Waals surface area contributed by atoms with Crippen molar-refractivity contribution in [3.05, 3.63) is 12.2 Å². The highest BCUT2D eigenvalue weighted by atomic mass is 28.3. The van der Waals surface area contributed by atoms with Crippen LogP contribution in [0.2, 0.25) is 0 Å². The topological polar surface area (TPSA) is 43.4 Å². The van der Waals surface area contributed by atoms with Gasteiger partial charge in [0.25, 0.3) is 0 Å². The largest absolute Gasteiger partial charge is 0.582 e. The molecule has 0 aromatic heterocycles. The molecular weight excluding hydrogens is 152 g/mol. The predicted octanol–water partition coefficient (Wildman–Crippen LogP) is -1.11. The summed E-state index contributed by atoms with van der Waals surface area (Å²) in [5.74, 6) is 0. The number of rotatable bonds is 3. The summed E-state index contributed by atoms with van der Waals surface area (Å²) in [6, 6.07) is 0. The van der Waals surface area contributed by atoms with Crippen LogP contribution in [0.1, 0.15) is 6.92 Å². The first-order valence-corrected chi connectivity index (χ1v) is 4.51. The van der Waals surface area contributed by atoms with Gasteiger partial charge in [0.05, 0.1) is 0 Å². The van der Waals surface area contributed by atoms with Gasteiger partial charge in [-0.1, -0.05) is 6.58 Å². The molecule has 0 N–H and O–H groups in total. The van der Waals surface area contributed by atoms with E-state index < -0.39 is 14.3 Å². The fraction of sp³-hybridized carbons (Fsp3) is 0.250. The molecule has 9 heavy (non-hydrogen) atoms. The lowest BCUT2D eigenvalue weighted by Gasteiger charge is -1.93. The fourth-order valence-electron chi connectivity index (χ4n) is 0.267. The summed E-state index contributed by atoms with van der Waals surface area (Å²) in [6.07, 6.45) is 0. The van der Waals surface area contributed by atoms with Crippen molar-refractivity contribution in [1.82, 2.24) is 0 Å². The first-order valence-electron chi connectivity index (χ1n) is 2.37. The number of carbonyl (C=O) groups excluding carboxylic acids is 1. The van der Waals surface area contributed by atoms with Crippen molar-refractivity contribution < 1.29 is 13.4 Å². The zero-order chi connectivity index (χ0) is 7.44. The Morgan fingerprint density at radius 3 is 2.33 bits per heavy atom. The molecule has 0 fully saturated rings. The molecule has 0 rings (SSSR count). The van der Waals surface area contributed by atoms with Gasteiger partial charge in [-0.3, -0.25) is 4.79 Å². The number of hydrogen-bond acceptors (Lipinski definition) is 3. The van der Waals surface area contributed by atoms with Crippen LogP contribution in [0.15, 0.2) is 12.2 Å². The van der Waals surface area contributed by atoms with Crippen molar-refractivity contribution >= 4 is 24.8 Å². The van der Waals surface area contributed by atoms with Gasteiger partial charge in [-0.15, -0.1) is 0 Å². The molecule has 0 aromatic rings. The number of allylic oxidation sites excluding steroid dienone is 1. The highest BCUT2D eigenvalue weighted by molar-refractivity contribution is 6.79. The zero-order valence-corrected chi connectivity index (χ0v) is 8.43. The van der Waals surface area contributed by atoms with E-state index in [1.807, 2.05) is 0 Å². The van der Waals surface area contributed by atoms with Crippen molar-refractivity contribution in [2.24, 2.45) is 0 Å². The summed E-state index contributed by atoms with van der Waals surface area (Å²) in [5.41, 5.74) is 0.301. The van der Waals surface area contributed by atoms with Crippen molar-refractivity contribution in [2.45, 2.75) is 6.92 Å². The molecule has 0 aromatic carbocycles. The molecule has 0 saturated heterocycles. The molecule has 0 amide bonds. The van der Waals surface area contributed by atoms with Crippen molar-refractivity contribution in [1.29, 1.82) is 0 Å². The Morgan fingerprint density at radius 2 is 2.22 bits per heavy atom. The molecule has 0 saturated carbocycles. The molecule has 0 atom stereocenters. The Balaban J connectivity index is 4.05. The zero-order valence-electron chi connectivity index (χ0n) is 5.43. The van der Waals surface area contributed by atoms with Crippen LogP contribution in [0.4, 0.5) is 0 Å². The average Bonchev–Trinajstić information content (AvgIpc) is 1.84. The van der Waals surface area contributed by atoms with Crippen LogP contribution in [0, 0.1) is 0 Å². The van der Waals surface area contributed by atoms with E-state index in [0.717, 1.165) is 0 Å². The van der Waals surface area contributed by atoms with Gasteiger partial charge in [0.1, 0.15) is 0 Å². The summed E-state index contributed by atoms with van der Waals surface area (Å²) in [4.78, 5) is 10.6. The lowest BCUT2D eigenvalue weighted by molar-refractivity contribution is -0.110. The van der Waals surface area contributed by atoms with Crippen LogP contribution in [-0.2, 0) is 13.4 Å². The van der Waals surface area contributed by atoms with E-state index in [-0.39, 0.29) is 0 Å². The Labute approximate surface area is 58.0 Å². The van der Waals surface area contributed by atoms with E-state index in [9.17, 15) is 9.26 Å². The Kier molecular flexibility index (Phi) is 3.25. The highest BCUT2D eigenvalue weighted by Gasteiger charge is 2.17. The van der Waals surface area contributed by atoms with Crippen LogP contribution in [0.3, 0.4) is 0 Å². The Bertz CT molecular complexity index is 163. The normalized spacial score (nSPS) is 8.56. The van der Waals surface area contributed by atoms with Crippen LogP contribution in [0.25, 0.3) is 0 Å². The van der Waals surface area contributed by atoms with E-state index in [1.54, 1.807) is 0 Å². The minimum Gasteiger partial charge on any atom is -0.582 e. The maximum atomic E-state index is 10.6. The molecule has 5 heteroatoms. The van der Waals surface area contributed by atoms with Gasteiger partial charge in [0.2, 0.25) is 5.41 Å². The quantitative estimate of drug-likeness (QED) is 0.388. The molecule has 0 radical (unpaired) electrons. The summed E-state index contributed by atoms with van der Waals surface area (Å²) in [6.45, 7) is 4.85. The summed E-state index contributed by atoms with van der Waals surface area (Å²) in [5, 5.41) is -0.449. The van der Waals surface area contributed by atoms with Crippen LogP contribution in [-0.4, -0.2) is 24.8 Å². The minimum atomic E-state index is -2.43. The lowest BCUT2D eigenvalue weighted by atomic mass is 10.4. The second kappa shape index (κ2) is 3.47. The molecule has 50 valence electrons. The van der Waals surface area contributed by atoms with Gasteiger partial charge >= 0.3 is 8.93 Å². The second-order valence-electron chi connectivity index (χ2n) is 1.60. The van der Waals surface area contributed by atoms with Gasteiger partial charge in [-0.25, -0.2) is 0 Å². The molecule has 0 unspecified atom stereocenters. The molecule has 0 aliphatic carbocycles. The van der Waals surface area contributed by atoms with Gasteiger partial charge in [-0.2, -0.15) is 0 Å². The maximum absolute atomic E-state index is 10.6. The molecule has 0 aliphatic heterocycles. The van der Waals surface area contributed by atoms with Crippen molar-refractivity contribution in [2.75, 3.05) is 0 Å². The van der Waals surface area contributed by atoms with Gasteiger partial charge in [0.15, 0.2) is 10.5 Å². The van der Waals surface area contributed by atoms with Crippen LogP contribution >= 0.6 is 0 Å². The maximum Gasteiger partial charge on any atom is 0.568 e. The van der Waals surface area contributed by atoms with E-state index in [2.05, 4.69) is 10.7 Å². The molecule has 3 nitrogen and oxygen atoms in total. The number of hydrogen-bond donors (Lipinski definition) is 0. The first kappa shape index (κ1) is 8.44. The summed E-state index contributed by atoms with van der Waals surface area (Å²) >= 11 is 0. The first-order chi connectivity index (χ1) is 4.09. The van der Waals surface area contributed by atoms with Gasteiger partial charge in [-0.05, 0) is 12.5 Å². The van der Waals surface area contributed by atoms with E-state index in [0.29, 0.717) is 16.1 Å². The molecular formula is C4H8O3Si2. The highest BCUT2D eigenvalue weighted by Crippen LogP contribution is 1.88.